The fourth-order valence-electron chi connectivity index (χ4n) is 3.25. The van der Waals surface area contributed by atoms with Gasteiger partial charge in [0.2, 0.25) is 5.95 Å². The summed E-state index contributed by atoms with van der Waals surface area (Å²) in [4.78, 5) is 22.2. The fourth-order valence-corrected chi connectivity index (χ4v) is 3.25. The quantitative estimate of drug-likeness (QED) is 0.549. The van der Waals surface area contributed by atoms with Crippen LogP contribution in [-0.2, 0) is 14.1 Å². The number of nitrogens with zero attached hydrogens (tertiary/aromatic N) is 3. The summed E-state index contributed by atoms with van der Waals surface area (Å²) in [6, 6.07) is 0. The number of rotatable bonds is 6. The molecule has 2 aliphatic heterocycles. The minimum atomic E-state index is -1.34. The van der Waals surface area contributed by atoms with Gasteiger partial charge in [-0.2, -0.15) is 0 Å². The van der Waals surface area contributed by atoms with Crippen molar-refractivity contribution in [3.05, 3.63) is 12.4 Å². The Morgan fingerprint density at radius 1 is 1.32 bits per heavy atom. The Labute approximate surface area is 165 Å². The third-order valence-corrected chi connectivity index (χ3v) is 5.80. The summed E-state index contributed by atoms with van der Waals surface area (Å²) in [6.45, 7) is 9.17. The highest BCUT2D eigenvalue weighted by molar-refractivity contribution is 6.61. The number of carbonyl (C=O) groups excluding carboxylic acids is 1. The molecule has 0 spiro atoms. The van der Waals surface area contributed by atoms with Crippen LogP contribution in [0.25, 0.3) is 0 Å². The average molecular weight is 392 g/mol. The lowest BCUT2D eigenvalue weighted by Crippen LogP contribution is -2.41. The maximum atomic E-state index is 11.9. The zero-order valence-electron chi connectivity index (χ0n) is 16.9. The van der Waals surface area contributed by atoms with Gasteiger partial charge in [0.05, 0.1) is 17.8 Å². The average Bonchev–Trinajstić information content (AvgIpc) is 3.21. The third-order valence-electron chi connectivity index (χ3n) is 5.80. The number of hydrogen-bond donors (Lipinski definition) is 3. The monoisotopic (exact) mass is 392 g/mol. The molecule has 28 heavy (non-hydrogen) atoms. The molecule has 2 fully saturated rings. The molecule has 1 aromatic rings. The normalized spacial score (nSPS) is 24.4. The number of aliphatic hydroxyl groups is 2. The zero-order chi connectivity index (χ0) is 20.5. The van der Waals surface area contributed by atoms with E-state index in [9.17, 15) is 9.90 Å². The minimum absolute atomic E-state index is 0.237. The highest BCUT2D eigenvalue weighted by atomic mass is 16.7. The van der Waals surface area contributed by atoms with Crippen LogP contribution in [-0.4, -0.2) is 81.7 Å². The molecular formula is C18H29BN4O5. The lowest BCUT2D eigenvalue weighted by atomic mass is 9.81. The zero-order valence-corrected chi connectivity index (χ0v) is 16.9. The van der Waals surface area contributed by atoms with E-state index in [-0.39, 0.29) is 5.92 Å². The van der Waals surface area contributed by atoms with Gasteiger partial charge in [-0.3, -0.25) is 4.79 Å². The summed E-state index contributed by atoms with van der Waals surface area (Å²) in [5.41, 5.74) is -0.0617. The van der Waals surface area contributed by atoms with E-state index in [4.69, 9.17) is 14.4 Å². The first-order valence-corrected chi connectivity index (χ1v) is 9.62. The van der Waals surface area contributed by atoms with Gasteiger partial charge in [0.15, 0.2) is 6.10 Å². The van der Waals surface area contributed by atoms with E-state index in [2.05, 4.69) is 15.3 Å². The highest BCUT2D eigenvalue weighted by Gasteiger charge is 2.51. The minimum Gasteiger partial charge on any atom is -0.399 e. The maximum absolute atomic E-state index is 11.9. The van der Waals surface area contributed by atoms with Gasteiger partial charge in [0.1, 0.15) is 0 Å². The number of likely N-dealkylation sites (tertiary alicyclic amines) is 1. The van der Waals surface area contributed by atoms with Gasteiger partial charge in [-0.1, -0.05) is 0 Å². The van der Waals surface area contributed by atoms with Crippen LogP contribution in [0.2, 0.25) is 0 Å². The summed E-state index contributed by atoms with van der Waals surface area (Å²) in [6.07, 6.45) is 2.87. The Kier molecular flexibility index (Phi) is 5.95. The molecule has 3 N–H and O–H groups in total. The van der Waals surface area contributed by atoms with Crippen LogP contribution in [0.15, 0.2) is 12.4 Å². The van der Waals surface area contributed by atoms with E-state index in [1.807, 2.05) is 27.7 Å². The number of hydrogen-bond acceptors (Lipinski definition) is 8. The number of anilines is 1. The molecule has 3 heterocycles. The van der Waals surface area contributed by atoms with Crippen LogP contribution in [0.5, 0.6) is 0 Å². The fraction of sp³-hybridized carbons (Fsp3) is 0.722. The molecule has 0 saturated carbocycles. The first-order chi connectivity index (χ1) is 13.1. The molecule has 3 rings (SSSR count). The van der Waals surface area contributed by atoms with Crippen molar-refractivity contribution in [2.75, 3.05) is 31.6 Å². The molecule has 9 nitrogen and oxygen atoms in total. The maximum Gasteiger partial charge on any atom is 0.498 e. The van der Waals surface area contributed by atoms with Crippen molar-refractivity contribution in [2.24, 2.45) is 5.92 Å². The number of amides is 1. The first-order valence-electron chi connectivity index (χ1n) is 9.62. The van der Waals surface area contributed by atoms with Gasteiger partial charge in [0, 0.05) is 37.5 Å². The van der Waals surface area contributed by atoms with Crippen LogP contribution in [0.1, 0.15) is 34.1 Å². The molecule has 2 atom stereocenters. The van der Waals surface area contributed by atoms with E-state index >= 15 is 0 Å². The Hall–Kier alpha value is -1.75. The molecule has 1 amide bonds. The molecule has 154 valence electrons. The predicted octanol–water partition coefficient (Wildman–Crippen LogP) is -0.611. The largest absolute Gasteiger partial charge is 0.498 e. The van der Waals surface area contributed by atoms with Gasteiger partial charge in [-0.25, -0.2) is 9.97 Å². The van der Waals surface area contributed by atoms with E-state index in [1.54, 1.807) is 17.3 Å². The summed E-state index contributed by atoms with van der Waals surface area (Å²) < 4.78 is 12.0. The topological polar surface area (TPSA) is 117 Å². The van der Waals surface area contributed by atoms with Gasteiger partial charge in [-0.05, 0) is 40.0 Å². The van der Waals surface area contributed by atoms with E-state index < -0.39 is 36.9 Å². The first kappa shape index (κ1) is 21.0. The Morgan fingerprint density at radius 3 is 2.50 bits per heavy atom. The molecule has 0 bridgehead atoms. The molecule has 1 aromatic heterocycles. The SMILES string of the molecule is CC1(C)OB(c2cnc(NC[C@H]3CCN(C(=O)[C@H](O)CO)C3)nc2)OC1(C)C. The number of nitrogens with one attached hydrogen (secondary N) is 1. The van der Waals surface area contributed by atoms with Crippen LogP contribution < -0.4 is 10.8 Å². The van der Waals surface area contributed by atoms with Crippen molar-refractivity contribution in [1.82, 2.24) is 14.9 Å². The Morgan fingerprint density at radius 2 is 1.93 bits per heavy atom. The van der Waals surface area contributed by atoms with E-state index in [0.717, 1.165) is 11.9 Å². The summed E-state index contributed by atoms with van der Waals surface area (Å²) in [7, 11) is -0.494. The molecule has 0 unspecified atom stereocenters. The van der Waals surface area contributed by atoms with Gasteiger partial charge in [-0.15, -0.1) is 0 Å². The van der Waals surface area contributed by atoms with Crippen molar-refractivity contribution in [3.63, 3.8) is 0 Å². The summed E-state index contributed by atoms with van der Waals surface area (Å²) >= 11 is 0. The lowest BCUT2D eigenvalue weighted by molar-refractivity contribution is -0.141. The molecule has 2 saturated heterocycles. The van der Waals surface area contributed by atoms with Crippen molar-refractivity contribution < 1.29 is 24.3 Å². The second-order valence-corrected chi connectivity index (χ2v) is 8.45. The van der Waals surface area contributed by atoms with Crippen molar-refractivity contribution >= 4 is 24.4 Å². The Bertz CT molecular complexity index is 684. The van der Waals surface area contributed by atoms with Crippen LogP contribution >= 0.6 is 0 Å². The molecule has 2 aliphatic rings. The van der Waals surface area contributed by atoms with E-state index in [0.29, 0.717) is 25.6 Å². The number of aliphatic hydroxyl groups excluding tert-OH is 2. The standard InChI is InChI=1S/C18H29BN4O5/c1-17(2)18(3,4)28-19(27-17)13-8-21-16(22-9-13)20-7-12-5-6-23(10-12)15(26)14(25)11-24/h8-9,12,14,24-25H,5-7,10-11H2,1-4H3,(H,20,21,22)/t12-,14-/m1/s1. The smallest absolute Gasteiger partial charge is 0.399 e. The molecule has 0 aromatic carbocycles. The van der Waals surface area contributed by atoms with Crippen molar-refractivity contribution in [2.45, 2.75) is 51.4 Å². The third kappa shape index (κ3) is 4.30. The van der Waals surface area contributed by atoms with Crippen molar-refractivity contribution in [1.29, 1.82) is 0 Å². The lowest BCUT2D eigenvalue weighted by Gasteiger charge is -2.32. The van der Waals surface area contributed by atoms with Gasteiger partial charge >= 0.3 is 7.12 Å². The van der Waals surface area contributed by atoms with Crippen LogP contribution in [0.3, 0.4) is 0 Å². The Balaban J connectivity index is 1.50. The number of aromatic nitrogens is 2. The molecular weight excluding hydrogens is 363 g/mol. The van der Waals surface area contributed by atoms with Gasteiger partial charge in [0.25, 0.3) is 5.91 Å². The van der Waals surface area contributed by atoms with E-state index in [1.165, 1.54) is 0 Å². The highest BCUT2D eigenvalue weighted by Crippen LogP contribution is 2.36. The van der Waals surface area contributed by atoms with Crippen LogP contribution in [0.4, 0.5) is 5.95 Å². The van der Waals surface area contributed by atoms with Gasteiger partial charge < -0.3 is 29.7 Å². The summed E-state index contributed by atoms with van der Waals surface area (Å²) in [5.74, 6) is 0.315. The molecule has 10 heteroatoms. The van der Waals surface area contributed by atoms with Crippen molar-refractivity contribution in [3.8, 4) is 0 Å². The molecule has 0 aliphatic carbocycles. The number of carbonyl (C=O) groups is 1. The second kappa shape index (κ2) is 7.94. The predicted molar refractivity (Wildman–Crippen MR) is 104 cm³/mol. The van der Waals surface area contributed by atoms with Crippen LogP contribution in [0, 0.1) is 5.92 Å². The summed E-state index contributed by atoms with van der Waals surface area (Å²) in [5, 5.41) is 21.5. The molecule has 0 radical (unpaired) electrons. The second-order valence-electron chi connectivity index (χ2n) is 8.45.